The van der Waals surface area contributed by atoms with E-state index in [4.69, 9.17) is 9.84 Å². The molecule has 3 nitrogen and oxygen atoms in total. The van der Waals surface area contributed by atoms with Crippen molar-refractivity contribution in [2.24, 2.45) is 5.92 Å². The van der Waals surface area contributed by atoms with Crippen molar-refractivity contribution >= 4 is 5.97 Å². The lowest BCUT2D eigenvalue weighted by atomic mass is 10.1. The zero-order valence-electron chi connectivity index (χ0n) is 7.07. The van der Waals surface area contributed by atoms with E-state index in [9.17, 15) is 4.79 Å². The molecule has 0 heterocycles. The fourth-order valence-corrected chi connectivity index (χ4v) is 0.605. The van der Waals surface area contributed by atoms with Gasteiger partial charge in [-0.3, -0.25) is 0 Å². The van der Waals surface area contributed by atoms with Crippen LogP contribution in [-0.2, 0) is 9.53 Å². The van der Waals surface area contributed by atoms with Crippen LogP contribution >= 0.6 is 0 Å². The molecular weight excluding hydrogens is 144 g/mol. The average molecular weight is 158 g/mol. The summed E-state index contributed by atoms with van der Waals surface area (Å²) in [5, 5.41) is 8.29. The predicted molar refractivity (Wildman–Crippen MR) is 42.4 cm³/mol. The zero-order valence-corrected chi connectivity index (χ0v) is 7.07. The summed E-state index contributed by atoms with van der Waals surface area (Å²) in [5.74, 6) is -0.781. The van der Waals surface area contributed by atoms with Gasteiger partial charge in [-0.2, -0.15) is 0 Å². The van der Waals surface area contributed by atoms with Crippen molar-refractivity contribution in [3.8, 4) is 0 Å². The smallest absolute Gasteiger partial charge is 0.327 e. The Labute approximate surface area is 66.7 Å². The van der Waals surface area contributed by atoms with Crippen molar-refractivity contribution < 1.29 is 14.6 Å². The van der Waals surface area contributed by atoms with E-state index in [1.54, 1.807) is 13.2 Å². The zero-order chi connectivity index (χ0) is 8.85. The Balaban J connectivity index is 3.85. The van der Waals surface area contributed by atoms with Crippen LogP contribution < -0.4 is 0 Å². The van der Waals surface area contributed by atoms with Gasteiger partial charge in [-0.05, 0) is 6.92 Å². The molecule has 1 N–H and O–H groups in total. The summed E-state index contributed by atoms with van der Waals surface area (Å²) in [6, 6.07) is 0. The molecule has 0 aromatic carbocycles. The molecule has 0 aromatic heterocycles. The highest BCUT2D eigenvalue weighted by atomic mass is 16.5. The van der Waals surface area contributed by atoms with Crippen LogP contribution in [0.3, 0.4) is 0 Å². The number of rotatable bonds is 4. The van der Waals surface area contributed by atoms with E-state index in [1.165, 1.54) is 0 Å². The summed E-state index contributed by atoms with van der Waals surface area (Å²) in [6.45, 7) is 3.81. The largest absolute Gasteiger partial charge is 0.478 e. The first kappa shape index (κ1) is 10.2. The van der Waals surface area contributed by atoms with Gasteiger partial charge in [-0.25, -0.2) is 4.79 Å². The van der Waals surface area contributed by atoms with Gasteiger partial charge in [0, 0.05) is 19.1 Å². The standard InChI is InChI=1S/C8H14O3/c1-6(7(2)11-3)4-5-8(9)10/h4-7H,1-3H3,(H,9,10). The van der Waals surface area contributed by atoms with E-state index >= 15 is 0 Å². The Bertz CT molecular complexity index is 151. The summed E-state index contributed by atoms with van der Waals surface area (Å²) in [4.78, 5) is 10.1. The quantitative estimate of drug-likeness (QED) is 0.627. The number of aliphatic carboxylic acids is 1. The van der Waals surface area contributed by atoms with Gasteiger partial charge < -0.3 is 9.84 Å². The maximum Gasteiger partial charge on any atom is 0.327 e. The maximum atomic E-state index is 10.1. The first-order valence-electron chi connectivity index (χ1n) is 3.52. The molecular formula is C8H14O3. The molecule has 0 spiro atoms. The molecule has 3 heteroatoms. The van der Waals surface area contributed by atoms with Gasteiger partial charge in [0.15, 0.2) is 0 Å². The average Bonchev–Trinajstić information content (AvgIpc) is 1.98. The Hall–Kier alpha value is -0.830. The van der Waals surface area contributed by atoms with Crippen LogP contribution in [-0.4, -0.2) is 24.3 Å². The van der Waals surface area contributed by atoms with Crippen LogP contribution in [0.25, 0.3) is 0 Å². The van der Waals surface area contributed by atoms with E-state index < -0.39 is 5.97 Å². The van der Waals surface area contributed by atoms with Crippen molar-refractivity contribution in [1.29, 1.82) is 0 Å². The molecule has 0 aliphatic heterocycles. The molecule has 2 unspecified atom stereocenters. The monoisotopic (exact) mass is 158 g/mol. The minimum Gasteiger partial charge on any atom is -0.478 e. The van der Waals surface area contributed by atoms with Crippen molar-refractivity contribution in [3.63, 3.8) is 0 Å². The van der Waals surface area contributed by atoms with Crippen molar-refractivity contribution in [3.05, 3.63) is 12.2 Å². The van der Waals surface area contributed by atoms with Crippen LogP contribution in [0.4, 0.5) is 0 Å². The van der Waals surface area contributed by atoms with Gasteiger partial charge in [0.2, 0.25) is 0 Å². The van der Waals surface area contributed by atoms with Crippen LogP contribution in [0.1, 0.15) is 13.8 Å². The number of hydrogen-bond acceptors (Lipinski definition) is 2. The van der Waals surface area contributed by atoms with Crippen LogP contribution in [0, 0.1) is 5.92 Å². The summed E-state index contributed by atoms with van der Waals surface area (Å²) < 4.78 is 5.00. The molecule has 0 aliphatic rings. The van der Waals surface area contributed by atoms with E-state index in [-0.39, 0.29) is 12.0 Å². The predicted octanol–water partition coefficient (Wildman–Crippen LogP) is 1.30. The number of methoxy groups -OCH3 is 1. The summed E-state index contributed by atoms with van der Waals surface area (Å²) in [7, 11) is 1.61. The van der Waals surface area contributed by atoms with Gasteiger partial charge >= 0.3 is 5.97 Å². The van der Waals surface area contributed by atoms with Crippen LogP contribution in [0.2, 0.25) is 0 Å². The molecule has 0 saturated heterocycles. The number of carboxylic acids is 1. The number of ether oxygens (including phenoxy) is 1. The number of carboxylic acid groups (broad SMARTS) is 1. The lowest BCUT2D eigenvalue weighted by molar-refractivity contribution is -0.131. The molecule has 0 saturated carbocycles. The van der Waals surface area contributed by atoms with Gasteiger partial charge in [-0.1, -0.05) is 13.0 Å². The third-order valence-corrected chi connectivity index (χ3v) is 1.65. The first-order chi connectivity index (χ1) is 5.07. The molecule has 0 aromatic rings. The van der Waals surface area contributed by atoms with Crippen LogP contribution in [0.15, 0.2) is 12.2 Å². The van der Waals surface area contributed by atoms with Gasteiger partial charge in [0.25, 0.3) is 0 Å². The fraction of sp³-hybridized carbons (Fsp3) is 0.625. The second-order valence-electron chi connectivity index (χ2n) is 2.50. The van der Waals surface area contributed by atoms with E-state index in [1.807, 2.05) is 13.8 Å². The van der Waals surface area contributed by atoms with Gasteiger partial charge in [0.05, 0.1) is 6.10 Å². The van der Waals surface area contributed by atoms with Crippen molar-refractivity contribution in [1.82, 2.24) is 0 Å². The Morgan fingerprint density at radius 1 is 1.55 bits per heavy atom. The maximum absolute atomic E-state index is 10.1. The molecule has 0 amide bonds. The highest BCUT2D eigenvalue weighted by Crippen LogP contribution is 2.06. The lowest BCUT2D eigenvalue weighted by Crippen LogP contribution is -2.14. The van der Waals surface area contributed by atoms with E-state index in [0.717, 1.165) is 6.08 Å². The Morgan fingerprint density at radius 2 is 2.09 bits per heavy atom. The summed E-state index contributed by atoms with van der Waals surface area (Å²) in [6.07, 6.45) is 2.82. The number of carbonyl (C=O) groups is 1. The Kier molecular flexibility index (Phi) is 4.54. The molecule has 2 atom stereocenters. The topological polar surface area (TPSA) is 46.5 Å². The second kappa shape index (κ2) is 4.91. The molecule has 0 fully saturated rings. The lowest BCUT2D eigenvalue weighted by Gasteiger charge is -2.13. The number of hydrogen-bond donors (Lipinski definition) is 1. The highest BCUT2D eigenvalue weighted by Gasteiger charge is 2.06. The molecule has 0 aliphatic carbocycles. The minimum absolute atomic E-state index is 0.0607. The normalized spacial score (nSPS) is 16.6. The molecule has 0 rings (SSSR count). The second-order valence-corrected chi connectivity index (χ2v) is 2.50. The molecule has 11 heavy (non-hydrogen) atoms. The Morgan fingerprint density at radius 3 is 2.45 bits per heavy atom. The summed E-state index contributed by atoms with van der Waals surface area (Å²) >= 11 is 0. The molecule has 0 bridgehead atoms. The fourth-order valence-electron chi connectivity index (χ4n) is 0.605. The third-order valence-electron chi connectivity index (χ3n) is 1.65. The van der Waals surface area contributed by atoms with E-state index in [0.29, 0.717) is 0 Å². The van der Waals surface area contributed by atoms with Crippen molar-refractivity contribution in [2.75, 3.05) is 7.11 Å². The van der Waals surface area contributed by atoms with Crippen LogP contribution in [0.5, 0.6) is 0 Å². The third kappa shape index (κ3) is 4.56. The molecule has 0 radical (unpaired) electrons. The van der Waals surface area contributed by atoms with E-state index in [2.05, 4.69) is 0 Å². The van der Waals surface area contributed by atoms with Gasteiger partial charge in [0.1, 0.15) is 0 Å². The highest BCUT2D eigenvalue weighted by molar-refractivity contribution is 5.79. The first-order valence-corrected chi connectivity index (χ1v) is 3.52. The molecule has 64 valence electrons. The van der Waals surface area contributed by atoms with Gasteiger partial charge in [-0.15, -0.1) is 0 Å². The SMILES string of the molecule is COC(C)C(C)C=CC(=O)O. The minimum atomic E-state index is -0.917. The van der Waals surface area contributed by atoms with Crippen molar-refractivity contribution in [2.45, 2.75) is 20.0 Å². The summed E-state index contributed by atoms with van der Waals surface area (Å²) in [5.41, 5.74) is 0.